The molecule has 0 aliphatic carbocycles. The van der Waals surface area contributed by atoms with Crippen molar-refractivity contribution in [2.24, 2.45) is 0 Å². The zero-order chi connectivity index (χ0) is 17.4. The van der Waals surface area contributed by atoms with Crippen LogP contribution in [0.4, 0.5) is 0 Å². The molecule has 0 radical (unpaired) electrons. The van der Waals surface area contributed by atoms with Crippen LogP contribution in [0, 0.1) is 0 Å². The number of rotatable bonds is 4. The zero-order valence-corrected chi connectivity index (χ0v) is 13.4. The van der Waals surface area contributed by atoms with Crippen molar-refractivity contribution < 1.29 is 24.2 Å². The predicted molar refractivity (Wildman–Crippen MR) is 85.2 cm³/mol. The fraction of sp³-hybridized carbons (Fsp3) is 0.353. The molecule has 0 fully saturated rings. The second-order valence-electron chi connectivity index (χ2n) is 6.10. The number of carboxylic acids is 1. The zero-order valence-electron chi connectivity index (χ0n) is 13.4. The Morgan fingerprint density at radius 3 is 3.00 bits per heavy atom. The van der Waals surface area contributed by atoms with Gasteiger partial charge >= 0.3 is 5.97 Å². The van der Waals surface area contributed by atoms with Gasteiger partial charge in [0.25, 0.3) is 0 Å². The molecule has 0 bridgehead atoms. The van der Waals surface area contributed by atoms with Crippen LogP contribution in [0.15, 0.2) is 24.5 Å². The van der Waals surface area contributed by atoms with Gasteiger partial charge < -0.3 is 24.5 Å². The summed E-state index contributed by atoms with van der Waals surface area (Å²) in [6.45, 7) is 0.449. The summed E-state index contributed by atoms with van der Waals surface area (Å²) in [5.74, 6) is 0.174. The minimum absolute atomic E-state index is 0.190. The number of hydrogen-bond acceptors (Lipinski definition) is 5. The molecule has 2 aliphatic rings. The van der Waals surface area contributed by atoms with Gasteiger partial charge in [-0.05, 0) is 24.1 Å². The third-order valence-electron chi connectivity index (χ3n) is 4.57. The molecule has 3 heterocycles. The quantitative estimate of drug-likeness (QED) is 0.862. The van der Waals surface area contributed by atoms with Gasteiger partial charge in [0.2, 0.25) is 12.7 Å². The summed E-state index contributed by atoms with van der Waals surface area (Å²) < 4.78 is 10.6. The first-order chi connectivity index (χ1) is 12.1. The number of hydrogen-bond donors (Lipinski definition) is 2. The van der Waals surface area contributed by atoms with Gasteiger partial charge in [-0.2, -0.15) is 0 Å². The van der Waals surface area contributed by atoms with E-state index in [1.165, 1.54) is 11.2 Å². The number of aliphatic carboxylic acids is 1. The highest BCUT2D eigenvalue weighted by molar-refractivity contribution is 5.84. The summed E-state index contributed by atoms with van der Waals surface area (Å²) in [5.41, 5.74) is 2.46. The topological polar surface area (TPSA) is 105 Å². The van der Waals surface area contributed by atoms with Crippen molar-refractivity contribution >= 4 is 11.9 Å². The summed E-state index contributed by atoms with van der Waals surface area (Å²) in [6.07, 6.45) is 2.50. The molecule has 4 rings (SSSR count). The third kappa shape index (κ3) is 2.90. The maximum absolute atomic E-state index is 12.6. The number of aromatic nitrogens is 2. The molecule has 130 valence electrons. The lowest BCUT2D eigenvalue weighted by Gasteiger charge is -2.32. The Kier molecular flexibility index (Phi) is 3.79. The van der Waals surface area contributed by atoms with E-state index >= 15 is 0 Å². The first kappa shape index (κ1) is 15.5. The van der Waals surface area contributed by atoms with Gasteiger partial charge in [0.15, 0.2) is 11.5 Å². The van der Waals surface area contributed by atoms with Crippen LogP contribution >= 0.6 is 0 Å². The Balaban J connectivity index is 1.45. The van der Waals surface area contributed by atoms with Crippen LogP contribution in [0.5, 0.6) is 11.5 Å². The molecule has 0 unspecified atom stereocenters. The standard InChI is InChI=1S/C17H17N3O5/c21-16(4-2-10-1-3-14-15(5-10)25-9-24-14)20-7-12-11(18-8-19-12)6-13(20)17(22)23/h1,3,5,8,13H,2,4,6-7,9H2,(H,18,19)(H,22,23)/t13-/m1/s1. The van der Waals surface area contributed by atoms with E-state index in [0.29, 0.717) is 23.6 Å². The van der Waals surface area contributed by atoms with Gasteiger partial charge in [-0.15, -0.1) is 0 Å². The van der Waals surface area contributed by atoms with Crippen molar-refractivity contribution in [2.75, 3.05) is 6.79 Å². The first-order valence-corrected chi connectivity index (χ1v) is 8.04. The summed E-state index contributed by atoms with van der Waals surface area (Å²) in [7, 11) is 0. The number of aryl methyl sites for hydroxylation is 1. The van der Waals surface area contributed by atoms with Gasteiger partial charge in [-0.1, -0.05) is 6.07 Å². The number of imidazole rings is 1. The van der Waals surface area contributed by atoms with Crippen LogP contribution in [0.2, 0.25) is 0 Å². The van der Waals surface area contributed by atoms with Crippen molar-refractivity contribution in [3.8, 4) is 11.5 Å². The molecule has 25 heavy (non-hydrogen) atoms. The molecule has 0 saturated heterocycles. The van der Waals surface area contributed by atoms with E-state index in [-0.39, 0.29) is 32.1 Å². The summed E-state index contributed by atoms with van der Waals surface area (Å²) in [4.78, 5) is 32.7. The second kappa shape index (κ2) is 6.12. The number of fused-ring (bicyclic) bond motifs is 2. The van der Waals surface area contributed by atoms with Crippen LogP contribution in [0.3, 0.4) is 0 Å². The van der Waals surface area contributed by atoms with Crippen molar-refractivity contribution in [1.29, 1.82) is 0 Å². The second-order valence-corrected chi connectivity index (χ2v) is 6.10. The Morgan fingerprint density at radius 1 is 1.32 bits per heavy atom. The average molecular weight is 343 g/mol. The van der Waals surface area contributed by atoms with E-state index in [0.717, 1.165) is 11.3 Å². The number of aromatic amines is 1. The monoisotopic (exact) mass is 343 g/mol. The third-order valence-corrected chi connectivity index (χ3v) is 4.57. The van der Waals surface area contributed by atoms with Crippen LogP contribution in [-0.4, -0.2) is 44.7 Å². The van der Waals surface area contributed by atoms with Crippen molar-refractivity contribution in [2.45, 2.75) is 31.8 Å². The highest BCUT2D eigenvalue weighted by Gasteiger charge is 2.35. The molecule has 2 aliphatic heterocycles. The minimum atomic E-state index is -1.01. The maximum Gasteiger partial charge on any atom is 0.326 e. The first-order valence-electron chi connectivity index (χ1n) is 8.04. The number of carboxylic acid groups (broad SMARTS) is 1. The summed E-state index contributed by atoms with van der Waals surface area (Å²) in [5, 5.41) is 9.45. The predicted octanol–water partition coefficient (Wildman–Crippen LogP) is 1.11. The summed E-state index contributed by atoms with van der Waals surface area (Å²) >= 11 is 0. The van der Waals surface area contributed by atoms with Crippen LogP contribution < -0.4 is 9.47 Å². The van der Waals surface area contributed by atoms with Gasteiger partial charge in [0.1, 0.15) is 6.04 Å². The van der Waals surface area contributed by atoms with Crippen LogP contribution in [0.1, 0.15) is 23.4 Å². The van der Waals surface area contributed by atoms with Crippen LogP contribution in [0.25, 0.3) is 0 Å². The number of nitrogens with one attached hydrogen (secondary N) is 1. The molecule has 1 amide bonds. The van der Waals surface area contributed by atoms with Crippen molar-refractivity contribution in [1.82, 2.24) is 14.9 Å². The minimum Gasteiger partial charge on any atom is -0.480 e. The molecule has 2 N–H and O–H groups in total. The molecular weight excluding hydrogens is 326 g/mol. The van der Waals surface area contributed by atoms with Crippen LogP contribution in [-0.2, 0) is 29.0 Å². The van der Waals surface area contributed by atoms with E-state index < -0.39 is 12.0 Å². The Bertz CT molecular complexity index is 831. The van der Waals surface area contributed by atoms with E-state index in [1.54, 1.807) is 0 Å². The molecule has 1 atom stereocenters. The number of ether oxygens (including phenoxy) is 2. The molecule has 1 aromatic carbocycles. The lowest BCUT2D eigenvalue weighted by Crippen LogP contribution is -2.48. The molecule has 8 heteroatoms. The number of amides is 1. The van der Waals surface area contributed by atoms with Gasteiger partial charge in [-0.3, -0.25) is 4.79 Å². The molecule has 2 aromatic rings. The number of H-pyrrole nitrogens is 1. The highest BCUT2D eigenvalue weighted by Crippen LogP contribution is 2.33. The normalized spacial score (nSPS) is 18.1. The Morgan fingerprint density at radius 2 is 2.16 bits per heavy atom. The molecule has 1 aromatic heterocycles. The number of carbonyl (C=O) groups excluding carboxylic acids is 1. The van der Waals surface area contributed by atoms with Gasteiger partial charge in [0, 0.05) is 12.8 Å². The fourth-order valence-electron chi connectivity index (χ4n) is 3.21. The smallest absolute Gasteiger partial charge is 0.326 e. The van der Waals surface area contributed by atoms with Gasteiger partial charge in [0.05, 0.1) is 24.3 Å². The lowest BCUT2D eigenvalue weighted by atomic mass is 10.0. The number of benzene rings is 1. The number of carbonyl (C=O) groups is 2. The molecule has 0 spiro atoms. The number of nitrogens with zero attached hydrogens (tertiary/aromatic N) is 2. The Labute approximate surface area is 143 Å². The SMILES string of the molecule is O=C(O)[C@H]1Cc2nc[nH]c2CN1C(=O)CCc1ccc2c(c1)OCO2. The van der Waals surface area contributed by atoms with Gasteiger partial charge in [-0.25, -0.2) is 9.78 Å². The van der Waals surface area contributed by atoms with E-state index in [1.807, 2.05) is 18.2 Å². The lowest BCUT2D eigenvalue weighted by molar-refractivity contribution is -0.151. The summed E-state index contributed by atoms with van der Waals surface area (Å²) in [6, 6.07) is 4.69. The fourth-order valence-corrected chi connectivity index (χ4v) is 3.21. The molecule has 8 nitrogen and oxygen atoms in total. The highest BCUT2D eigenvalue weighted by atomic mass is 16.7. The Hall–Kier alpha value is -3.03. The molecule has 0 saturated carbocycles. The van der Waals surface area contributed by atoms with E-state index in [9.17, 15) is 14.7 Å². The maximum atomic E-state index is 12.6. The van der Waals surface area contributed by atoms with Crippen molar-refractivity contribution in [3.05, 3.63) is 41.5 Å². The van der Waals surface area contributed by atoms with E-state index in [4.69, 9.17) is 9.47 Å². The molecular formula is C17H17N3O5. The van der Waals surface area contributed by atoms with Crippen molar-refractivity contribution in [3.63, 3.8) is 0 Å². The van der Waals surface area contributed by atoms with E-state index in [2.05, 4.69) is 9.97 Å². The average Bonchev–Trinajstić information content (AvgIpc) is 3.26. The largest absolute Gasteiger partial charge is 0.480 e.